The first-order valence-electron chi connectivity index (χ1n) is 13.8. The molecular formula is C30H31Cl2N5O3. The van der Waals surface area contributed by atoms with Crippen LogP contribution in [-0.2, 0) is 13.0 Å². The first-order valence-corrected chi connectivity index (χ1v) is 14.5. The molecule has 208 valence electrons. The fraction of sp³-hybridized carbons (Fsp3) is 0.400. The number of rotatable bonds is 5. The quantitative estimate of drug-likeness (QED) is 0.466. The Morgan fingerprint density at radius 2 is 1.73 bits per heavy atom. The first-order chi connectivity index (χ1) is 19.3. The number of halogens is 2. The minimum atomic E-state index is -0.218. The number of carbonyl (C=O) groups is 2. The topological polar surface area (TPSA) is 87.5 Å². The summed E-state index contributed by atoms with van der Waals surface area (Å²) in [6, 6.07) is 12.1. The molecule has 8 nitrogen and oxygen atoms in total. The number of benzene rings is 2. The van der Waals surface area contributed by atoms with Crippen LogP contribution in [0.5, 0.6) is 0 Å². The second kappa shape index (κ2) is 10.6. The fourth-order valence-electron chi connectivity index (χ4n) is 6.06. The van der Waals surface area contributed by atoms with Gasteiger partial charge in [-0.2, -0.15) is 0 Å². The minimum absolute atomic E-state index is 0.123. The van der Waals surface area contributed by atoms with Gasteiger partial charge in [-0.3, -0.25) is 14.4 Å². The van der Waals surface area contributed by atoms with E-state index in [1.165, 1.54) is 12.8 Å². The van der Waals surface area contributed by atoms with Gasteiger partial charge in [-0.25, -0.2) is 9.55 Å². The molecule has 2 atom stereocenters. The molecule has 1 saturated carbocycles. The second-order valence-electron chi connectivity index (χ2n) is 11.0. The van der Waals surface area contributed by atoms with Crippen LogP contribution in [0.3, 0.4) is 0 Å². The highest BCUT2D eigenvalue weighted by molar-refractivity contribution is 6.42. The van der Waals surface area contributed by atoms with E-state index in [0.29, 0.717) is 62.4 Å². The second-order valence-corrected chi connectivity index (χ2v) is 11.8. The Balaban J connectivity index is 1.43. The van der Waals surface area contributed by atoms with Crippen molar-refractivity contribution in [2.24, 2.45) is 5.92 Å². The van der Waals surface area contributed by atoms with Crippen molar-refractivity contribution in [2.75, 3.05) is 18.5 Å². The number of nitrogens with zero attached hydrogens (tertiary/aromatic N) is 4. The van der Waals surface area contributed by atoms with E-state index in [4.69, 9.17) is 28.2 Å². The van der Waals surface area contributed by atoms with E-state index in [1.54, 1.807) is 59.0 Å². The maximum Gasteiger partial charge on any atom is 0.263 e. The van der Waals surface area contributed by atoms with E-state index < -0.39 is 0 Å². The number of carbonyl (C=O) groups excluding carboxylic acids is 2. The number of hydrogen-bond donors (Lipinski definition) is 1. The summed E-state index contributed by atoms with van der Waals surface area (Å²) in [5.41, 5.74) is 2.77. The Hall–Kier alpha value is -3.36. The van der Waals surface area contributed by atoms with Gasteiger partial charge in [0.25, 0.3) is 17.4 Å². The Morgan fingerprint density at radius 3 is 2.40 bits per heavy atom. The highest BCUT2D eigenvalue weighted by Crippen LogP contribution is 2.42. The fourth-order valence-corrected chi connectivity index (χ4v) is 6.35. The smallest absolute Gasteiger partial charge is 0.263 e. The molecule has 10 heteroatoms. The van der Waals surface area contributed by atoms with Crippen LogP contribution >= 0.6 is 23.2 Å². The van der Waals surface area contributed by atoms with E-state index >= 15 is 0 Å². The third-order valence-corrected chi connectivity index (χ3v) is 9.10. The number of fused-ring (bicyclic) bond motifs is 1. The zero-order valence-corrected chi connectivity index (χ0v) is 24.0. The third kappa shape index (κ3) is 4.77. The lowest BCUT2D eigenvalue weighted by Crippen LogP contribution is -2.47. The SMILES string of the molecule is CNC(=O)c1ccc(-n2c(N3CCC[C@@H]3C3CC3)nc3c(c2=O)C[C@@H](C)N(C(=O)c2ccc(Cl)c(Cl)c2)C3)cc1. The van der Waals surface area contributed by atoms with Crippen molar-refractivity contribution < 1.29 is 9.59 Å². The highest BCUT2D eigenvalue weighted by Gasteiger charge is 2.41. The summed E-state index contributed by atoms with van der Waals surface area (Å²) in [7, 11) is 1.59. The average molecular weight is 581 g/mol. The summed E-state index contributed by atoms with van der Waals surface area (Å²) in [6.45, 7) is 3.00. The molecule has 1 aromatic heterocycles. The maximum absolute atomic E-state index is 14.2. The highest BCUT2D eigenvalue weighted by atomic mass is 35.5. The molecule has 2 amide bonds. The molecule has 1 aliphatic carbocycles. The number of nitrogens with one attached hydrogen (secondary N) is 1. The van der Waals surface area contributed by atoms with Gasteiger partial charge in [-0.05, 0) is 87.4 Å². The van der Waals surface area contributed by atoms with Gasteiger partial charge < -0.3 is 15.1 Å². The molecule has 6 rings (SSSR count). The van der Waals surface area contributed by atoms with Gasteiger partial charge in [-0.1, -0.05) is 23.2 Å². The van der Waals surface area contributed by atoms with E-state index in [1.807, 2.05) is 6.92 Å². The number of hydrogen-bond acceptors (Lipinski definition) is 5. The van der Waals surface area contributed by atoms with Crippen LogP contribution in [0.4, 0.5) is 5.95 Å². The van der Waals surface area contributed by atoms with Crippen molar-refractivity contribution in [1.82, 2.24) is 19.8 Å². The van der Waals surface area contributed by atoms with Crippen LogP contribution in [0.25, 0.3) is 5.69 Å². The van der Waals surface area contributed by atoms with Crippen molar-refractivity contribution in [2.45, 2.75) is 57.7 Å². The van der Waals surface area contributed by atoms with Crippen molar-refractivity contribution in [3.8, 4) is 5.69 Å². The number of aromatic nitrogens is 2. The summed E-state index contributed by atoms with van der Waals surface area (Å²) < 4.78 is 1.70. The molecule has 1 saturated heterocycles. The molecule has 2 fully saturated rings. The lowest BCUT2D eigenvalue weighted by Gasteiger charge is -2.36. The van der Waals surface area contributed by atoms with E-state index in [9.17, 15) is 14.4 Å². The number of amides is 2. The normalized spacial score (nSPS) is 20.4. The Kier molecular flexibility index (Phi) is 7.09. The van der Waals surface area contributed by atoms with Gasteiger partial charge in [0, 0.05) is 42.4 Å². The molecule has 0 bridgehead atoms. The van der Waals surface area contributed by atoms with Gasteiger partial charge in [0.15, 0.2) is 0 Å². The predicted molar refractivity (Wildman–Crippen MR) is 156 cm³/mol. The molecule has 2 aliphatic heterocycles. The average Bonchev–Trinajstić information content (AvgIpc) is 3.69. The van der Waals surface area contributed by atoms with Gasteiger partial charge in [0.2, 0.25) is 5.95 Å². The summed E-state index contributed by atoms with van der Waals surface area (Å²) in [4.78, 5) is 49.0. The Morgan fingerprint density at radius 1 is 1.00 bits per heavy atom. The Labute approximate surface area is 242 Å². The molecule has 1 N–H and O–H groups in total. The van der Waals surface area contributed by atoms with Crippen LogP contribution in [0, 0.1) is 5.92 Å². The van der Waals surface area contributed by atoms with Crippen LogP contribution in [-0.4, -0.2) is 51.9 Å². The monoisotopic (exact) mass is 579 g/mol. The van der Waals surface area contributed by atoms with Crippen molar-refractivity contribution >= 4 is 41.0 Å². The first kappa shape index (κ1) is 26.8. The van der Waals surface area contributed by atoms with Crippen LogP contribution in [0.2, 0.25) is 10.0 Å². The molecule has 3 aromatic rings. The predicted octanol–water partition coefficient (Wildman–Crippen LogP) is 4.86. The molecule has 0 radical (unpaired) electrons. The lowest BCUT2D eigenvalue weighted by molar-refractivity contribution is 0.0653. The summed E-state index contributed by atoms with van der Waals surface area (Å²) in [5.74, 6) is 0.872. The van der Waals surface area contributed by atoms with Gasteiger partial charge >= 0.3 is 0 Å². The van der Waals surface area contributed by atoms with E-state index in [-0.39, 0.29) is 30.0 Å². The van der Waals surface area contributed by atoms with Crippen molar-refractivity contribution in [1.29, 1.82) is 0 Å². The molecule has 2 aromatic carbocycles. The maximum atomic E-state index is 14.2. The van der Waals surface area contributed by atoms with Gasteiger partial charge in [0.05, 0.1) is 28.0 Å². The lowest BCUT2D eigenvalue weighted by atomic mass is 9.98. The van der Waals surface area contributed by atoms with E-state index in [0.717, 1.165) is 19.4 Å². The third-order valence-electron chi connectivity index (χ3n) is 8.36. The molecule has 40 heavy (non-hydrogen) atoms. The van der Waals surface area contributed by atoms with Crippen LogP contribution < -0.4 is 15.8 Å². The summed E-state index contributed by atoms with van der Waals surface area (Å²) in [5, 5.41) is 3.35. The zero-order chi connectivity index (χ0) is 28.1. The van der Waals surface area contributed by atoms with Crippen molar-refractivity contribution in [3.63, 3.8) is 0 Å². The largest absolute Gasteiger partial charge is 0.355 e. The zero-order valence-electron chi connectivity index (χ0n) is 22.5. The van der Waals surface area contributed by atoms with E-state index in [2.05, 4.69) is 10.2 Å². The molecule has 0 spiro atoms. The molecular weight excluding hydrogens is 549 g/mol. The molecule has 3 aliphatic rings. The summed E-state index contributed by atoms with van der Waals surface area (Å²) >= 11 is 12.3. The summed E-state index contributed by atoms with van der Waals surface area (Å²) in [6.07, 6.45) is 4.90. The van der Waals surface area contributed by atoms with Gasteiger partial charge in [-0.15, -0.1) is 0 Å². The minimum Gasteiger partial charge on any atom is -0.355 e. The standard InChI is InChI=1S/C30H31Cl2N5O3/c1-17-14-22-25(16-36(17)28(39)20-9-12-23(31)24(32)15-20)34-30(35-13-3-4-26(35)18-5-6-18)37(29(22)40)21-10-7-19(8-11-21)27(38)33-2/h7-12,15,17-18,26H,3-6,13-14,16H2,1-2H3,(H,33,38)/t17-,26-/m1/s1. The van der Waals surface area contributed by atoms with Crippen molar-refractivity contribution in [3.05, 3.63) is 85.2 Å². The molecule has 3 heterocycles. The van der Waals surface area contributed by atoms with Crippen LogP contribution in [0.1, 0.15) is 64.6 Å². The Bertz CT molecular complexity index is 1550. The number of anilines is 1. The molecule has 0 unspecified atom stereocenters. The van der Waals surface area contributed by atoms with Gasteiger partial charge in [0.1, 0.15) is 0 Å². The van der Waals surface area contributed by atoms with Crippen LogP contribution in [0.15, 0.2) is 47.3 Å².